The topological polar surface area (TPSA) is 119 Å². The van der Waals surface area contributed by atoms with E-state index in [4.69, 9.17) is 9.84 Å². The van der Waals surface area contributed by atoms with Crippen LogP contribution in [0.2, 0.25) is 0 Å². The molecule has 36 heavy (non-hydrogen) atoms. The number of hydrogen-bond acceptors (Lipinski definition) is 8. The van der Waals surface area contributed by atoms with Crippen molar-refractivity contribution in [2.45, 2.75) is 46.5 Å². The van der Waals surface area contributed by atoms with Crippen LogP contribution in [0.3, 0.4) is 0 Å². The molecule has 1 fully saturated rings. The average molecular weight is 515 g/mol. The van der Waals surface area contributed by atoms with Crippen LogP contribution in [0.4, 0.5) is 5.69 Å². The highest BCUT2D eigenvalue weighted by atomic mass is 32.2. The van der Waals surface area contributed by atoms with Gasteiger partial charge < -0.3 is 9.64 Å². The van der Waals surface area contributed by atoms with Gasteiger partial charge in [0.05, 0.1) is 28.7 Å². The number of rotatable bonds is 7. The molecule has 1 amide bonds. The van der Waals surface area contributed by atoms with Crippen molar-refractivity contribution in [1.82, 2.24) is 24.5 Å². The first kappa shape index (κ1) is 26.0. The smallest absolute Gasteiger partial charge is 0.283 e. The van der Waals surface area contributed by atoms with Crippen molar-refractivity contribution < 1.29 is 17.9 Å². The van der Waals surface area contributed by atoms with Gasteiger partial charge in [0.1, 0.15) is 5.69 Å². The van der Waals surface area contributed by atoms with E-state index in [9.17, 15) is 13.2 Å². The Hall–Kier alpha value is -3.05. The summed E-state index contributed by atoms with van der Waals surface area (Å²) in [6.45, 7) is 10.3. The molecule has 1 saturated heterocycles. The molecule has 0 unspecified atom stereocenters. The summed E-state index contributed by atoms with van der Waals surface area (Å²) in [5.74, 6) is -0.192. The lowest BCUT2D eigenvalue weighted by Gasteiger charge is -2.34. The number of pyridine rings is 2. The van der Waals surface area contributed by atoms with Crippen molar-refractivity contribution in [2.24, 2.45) is 5.92 Å². The molecule has 0 bridgehead atoms. The van der Waals surface area contributed by atoms with E-state index >= 15 is 0 Å². The maximum atomic E-state index is 12.9. The van der Waals surface area contributed by atoms with Crippen molar-refractivity contribution in [3.05, 3.63) is 41.0 Å². The molecule has 0 aliphatic carbocycles. The molecule has 0 radical (unpaired) electrons. The van der Waals surface area contributed by atoms with Gasteiger partial charge in [-0.3, -0.25) is 9.78 Å². The average Bonchev–Trinajstić information content (AvgIpc) is 3.17. The first-order valence-corrected chi connectivity index (χ1v) is 14.0. The number of nitrogens with zero attached hydrogens (tertiary/aromatic N) is 5. The van der Waals surface area contributed by atoms with Gasteiger partial charge in [0.2, 0.25) is 10.0 Å². The third kappa shape index (κ3) is 5.52. The minimum atomic E-state index is -3.76. The number of carbonyl (C=O) groups excluding carboxylic acids is 1. The van der Waals surface area contributed by atoms with Crippen molar-refractivity contribution in [3.63, 3.8) is 0 Å². The summed E-state index contributed by atoms with van der Waals surface area (Å²) < 4.78 is 32.8. The number of sulfonamides is 1. The van der Waals surface area contributed by atoms with Crippen molar-refractivity contribution >= 4 is 32.7 Å². The highest BCUT2D eigenvalue weighted by Gasteiger charge is 2.28. The molecule has 1 N–H and O–H groups in total. The van der Waals surface area contributed by atoms with Gasteiger partial charge in [0.25, 0.3) is 5.91 Å². The lowest BCUT2D eigenvalue weighted by molar-refractivity contribution is 0.0977. The molecule has 0 saturated carbocycles. The largest absolute Gasteiger partial charge is 0.384 e. The van der Waals surface area contributed by atoms with Crippen LogP contribution in [-0.4, -0.2) is 67.1 Å². The second-order valence-corrected chi connectivity index (χ2v) is 11.6. The summed E-state index contributed by atoms with van der Waals surface area (Å²) in [6, 6.07) is 5.54. The van der Waals surface area contributed by atoms with Crippen LogP contribution in [-0.2, 0) is 14.8 Å². The Morgan fingerprint density at radius 3 is 2.33 bits per heavy atom. The summed E-state index contributed by atoms with van der Waals surface area (Å²) >= 11 is 0. The van der Waals surface area contributed by atoms with Crippen LogP contribution >= 0.6 is 0 Å². The minimum absolute atomic E-state index is 0.0286. The predicted octanol–water partition coefficient (Wildman–Crippen LogP) is 3.11. The number of piperidine rings is 1. The van der Waals surface area contributed by atoms with Gasteiger partial charge in [-0.2, -0.15) is 5.10 Å². The number of aromatic nitrogens is 4. The Kier molecular flexibility index (Phi) is 7.33. The molecule has 1 aliphatic rings. The van der Waals surface area contributed by atoms with Crippen LogP contribution < -0.4 is 9.62 Å². The number of aryl methyl sites for hydroxylation is 2. The van der Waals surface area contributed by atoms with E-state index in [0.29, 0.717) is 11.6 Å². The second kappa shape index (κ2) is 10.1. The fourth-order valence-electron chi connectivity index (χ4n) is 4.80. The molecule has 10 nitrogen and oxygen atoms in total. The number of carbonyl (C=O) groups is 1. The molecule has 0 spiro atoms. The summed E-state index contributed by atoms with van der Waals surface area (Å²) in [5, 5.41) is 5.82. The van der Waals surface area contributed by atoms with Gasteiger partial charge in [-0.25, -0.2) is 22.8 Å². The van der Waals surface area contributed by atoms with Crippen LogP contribution in [0.5, 0.6) is 0 Å². The Morgan fingerprint density at radius 1 is 1.14 bits per heavy atom. The highest BCUT2D eigenvalue weighted by molar-refractivity contribution is 7.89. The Balaban J connectivity index is 1.94. The molecule has 4 heterocycles. The molecular formula is C25H34N6O4S. The second-order valence-electron chi connectivity index (χ2n) is 9.87. The lowest BCUT2D eigenvalue weighted by Crippen LogP contribution is -2.36. The van der Waals surface area contributed by atoms with Gasteiger partial charge in [0.15, 0.2) is 5.65 Å². The van der Waals surface area contributed by atoms with Gasteiger partial charge >= 0.3 is 0 Å². The molecule has 0 aromatic carbocycles. The zero-order chi connectivity index (χ0) is 26.2. The summed E-state index contributed by atoms with van der Waals surface area (Å²) in [4.78, 5) is 24.3. The summed E-state index contributed by atoms with van der Waals surface area (Å²) in [5.41, 5.74) is 4.72. The maximum absolute atomic E-state index is 12.9. The highest BCUT2D eigenvalue weighted by Crippen LogP contribution is 2.36. The van der Waals surface area contributed by atoms with Gasteiger partial charge in [-0.05, 0) is 56.7 Å². The standard InChI is InChI=1S/C25H34N6O4S/c1-15(2)23-22-21(30-9-7-18(8-10-30)14-35-5)13-20(25(32)29-36(6,33)34)27-24(22)31(28-23)19-11-16(3)26-17(4)12-19/h11-13,15,18H,7-10,14H2,1-6H3,(H,29,32). The summed E-state index contributed by atoms with van der Waals surface area (Å²) in [6.07, 6.45) is 2.86. The van der Waals surface area contributed by atoms with E-state index in [0.717, 1.165) is 72.6 Å². The predicted molar refractivity (Wildman–Crippen MR) is 139 cm³/mol. The van der Waals surface area contributed by atoms with E-state index in [2.05, 4.69) is 33.4 Å². The molecular weight excluding hydrogens is 480 g/mol. The molecule has 3 aromatic rings. The number of nitrogens with one attached hydrogen (secondary N) is 1. The Labute approximate surface area is 212 Å². The van der Waals surface area contributed by atoms with E-state index in [1.807, 2.05) is 26.0 Å². The zero-order valence-electron chi connectivity index (χ0n) is 21.7. The van der Waals surface area contributed by atoms with Crippen LogP contribution in [0.1, 0.15) is 60.2 Å². The third-order valence-corrected chi connectivity index (χ3v) is 6.93. The van der Waals surface area contributed by atoms with Crippen LogP contribution in [0, 0.1) is 19.8 Å². The normalized spacial score (nSPS) is 15.1. The quantitative estimate of drug-likeness (QED) is 0.511. The molecule has 4 rings (SSSR count). The van der Waals surface area contributed by atoms with Gasteiger partial charge in [-0.1, -0.05) is 13.8 Å². The zero-order valence-corrected chi connectivity index (χ0v) is 22.5. The summed E-state index contributed by atoms with van der Waals surface area (Å²) in [7, 11) is -2.04. The Morgan fingerprint density at radius 2 is 1.78 bits per heavy atom. The first-order chi connectivity index (χ1) is 17.0. The lowest BCUT2D eigenvalue weighted by atomic mass is 9.96. The number of methoxy groups -OCH3 is 1. The Bertz CT molecular complexity index is 1370. The fourth-order valence-corrected chi connectivity index (χ4v) is 5.25. The number of fused-ring (bicyclic) bond motifs is 1. The van der Waals surface area contributed by atoms with Crippen molar-refractivity contribution in [3.8, 4) is 5.69 Å². The van der Waals surface area contributed by atoms with Gasteiger partial charge in [0, 0.05) is 38.2 Å². The minimum Gasteiger partial charge on any atom is -0.384 e. The molecule has 1 aliphatic heterocycles. The molecule has 194 valence electrons. The maximum Gasteiger partial charge on any atom is 0.283 e. The van der Waals surface area contributed by atoms with E-state index in [1.54, 1.807) is 17.9 Å². The first-order valence-electron chi connectivity index (χ1n) is 12.1. The number of hydrogen-bond donors (Lipinski definition) is 1. The fraction of sp³-hybridized carbons (Fsp3) is 0.520. The van der Waals surface area contributed by atoms with Gasteiger partial charge in [-0.15, -0.1) is 0 Å². The van der Waals surface area contributed by atoms with E-state index < -0.39 is 15.9 Å². The number of anilines is 1. The van der Waals surface area contributed by atoms with E-state index in [1.165, 1.54) is 0 Å². The molecule has 3 aromatic heterocycles. The third-order valence-electron chi connectivity index (χ3n) is 6.37. The molecule has 11 heteroatoms. The van der Waals surface area contributed by atoms with Crippen molar-refractivity contribution in [1.29, 1.82) is 0 Å². The number of amides is 1. The van der Waals surface area contributed by atoms with E-state index in [-0.39, 0.29) is 11.6 Å². The van der Waals surface area contributed by atoms with Crippen LogP contribution in [0.15, 0.2) is 18.2 Å². The molecule has 0 atom stereocenters. The van der Waals surface area contributed by atoms with Crippen molar-refractivity contribution in [2.75, 3.05) is 38.0 Å². The van der Waals surface area contributed by atoms with Crippen LogP contribution in [0.25, 0.3) is 16.7 Å². The monoisotopic (exact) mass is 514 g/mol. The number of ether oxygens (including phenoxy) is 1. The SMILES string of the molecule is COCC1CCN(c2cc(C(=O)NS(C)(=O)=O)nc3c2c(C(C)C)nn3-c2cc(C)nc(C)c2)CC1.